The minimum Gasteiger partial charge on any atom is -0.490 e. The zero-order chi connectivity index (χ0) is 19.3. The minimum absolute atomic E-state index is 0.0630. The van der Waals surface area contributed by atoms with Crippen LogP contribution in [0.15, 0.2) is 36.4 Å². The quantitative estimate of drug-likeness (QED) is 0.564. The summed E-state index contributed by atoms with van der Waals surface area (Å²) in [6.07, 6.45) is 0. The van der Waals surface area contributed by atoms with E-state index in [-0.39, 0.29) is 29.9 Å². The third-order valence-corrected chi connectivity index (χ3v) is 4.15. The Morgan fingerprint density at radius 1 is 1.35 bits per heavy atom. The summed E-state index contributed by atoms with van der Waals surface area (Å²) in [7, 11) is 1.34. The van der Waals surface area contributed by atoms with Crippen LogP contribution in [0.4, 0.5) is 11.4 Å². The third-order valence-electron chi connectivity index (χ3n) is 3.91. The van der Waals surface area contributed by atoms with Crippen LogP contribution in [0.2, 0.25) is 5.02 Å². The molecule has 2 N–H and O–H groups in total. The van der Waals surface area contributed by atoms with Gasteiger partial charge in [-0.15, -0.1) is 0 Å². The van der Waals surface area contributed by atoms with Crippen molar-refractivity contribution in [1.29, 1.82) is 0 Å². The molecule has 0 aliphatic rings. The van der Waals surface area contributed by atoms with E-state index in [1.807, 2.05) is 25.1 Å². The highest BCUT2D eigenvalue weighted by Gasteiger charge is 2.18. The molecule has 2 aromatic carbocycles. The van der Waals surface area contributed by atoms with E-state index in [1.54, 1.807) is 13.0 Å². The Hall–Kier alpha value is -2.64. The minimum atomic E-state index is -0.522. The predicted molar refractivity (Wildman–Crippen MR) is 101 cm³/mol. The van der Waals surface area contributed by atoms with Gasteiger partial charge in [-0.2, -0.15) is 0 Å². The number of benzene rings is 2. The van der Waals surface area contributed by atoms with E-state index in [0.29, 0.717) is 16.3 Å². The van der Waals surface area contributed by atoms with E-state index >= 15 is 0 Å². The van der Waals surface area contributed by atoms with Crippen LogP contribution < -0.4 is 15.4 Å². The van der Waals surface area contributed by atoms with Crippen molar-refractivity contribution in [2.45, 2.75) is 19.9 Å². The van der Waals surface area contributed by atoms with Crippen LogP contribution in [-0.4, -0.2) is 24.5 Å². The van der Waals surface area contributed by atoms with Crippen molar-refractivity contribution in [3.63, 3.8) is 0 Å². The van der Waals surface area contributed by atoms with Crippen LogP contribution in [0.25, 0.3) is 0 Å². The molecule has 0 radical (unpaired) electrons. The Labute approximate surface area is 156 Å². The number of nitrogens with zero attached hydrogens (tertiary/aromatic N) is 1. The van der Waals surface area contributed by atoms with E-state index in [0.717, 1.165) is 5.56 Å². The lowest BCUT2D eigenvalue weighted by Crippen LogP contribution is -2.30. The van der Waals surface area contributed by atoms with Gasteiger partial charge < -0.3 is 15.4 Å². The molecule has 0 aromatic heterocycles. The number of nitro groups is 1. The number of carbonyl (C=O) groups is 1. The largest absolute Gasteiger partial charge is 0.490 e. The summed E-state index contributed by atoms with van der Waals surface area (Å²) in [6, 6.07) is 10.2. The maximum atomic E-state index is 12.2. The Morgan fingerprint density at radius 3 is 2.69 bits per heavy atom. The maximum absolute atomic E-state index is 12.2. The molecule has 0 saturated heterocycles. The number of aryl methyl sites for hydroxylation is 1. The number of anilines is 1. The lowest BCUT2D eigenvalue weighted by molar-refractivity contribution is -0.385. The Kier molecular flexibility index (Phi) is 6.54. The van der Waals surface area contributed by atoms with Gasteiger partial charge in [-0.25, -0.2) is 0 Å². The number of amides is 1. The number of hydrogen-bond acceptors (Lipinski definition) is 5. The summed E-state index contributed by atoms with van der Waals surface area (Å²) in [5, 5.41) is 17.5. The van der Waals surface area contributed by atoms with Gasteiger partial charge in [-0.1, -0.05) is 23.7 Å². The van der Waals surface area contributed by atoms with Crippen LogP contribution in [-0.2, 0) is 4.79 Å². The van der Waals surface area contributed by atoms with Crippen LogP contribution in [0, 0.1) is 17.0 Å². The Bertz CT molecular complexity index is 826. The first-order valence-electron chi connectivity index (χ1n) is 7.93. The van der Waals surface area contributed by atoms with Gasteiger partial charge in [-0.3, -0.25) is 14.9 Å². The molecule has 8 heteroatoms. The SMILES string of the molecule is COc1cc(NC(=O)CN[C@@H](C)c2cccc(Cl)c2)c(C)cc1[N+](=O)[O-]. The zero-order valence-electron chi connectivity index (χ0n) is 14.7. The van der Waals surface area contributed by atoms with E-state index in [1.165, 1.54) is 19.2 Å². The molecular weight excluding hydrogens is 358 g/mol. The van der Waals surface area contributed by atoms with Crippen molar-refractivity contribution in [3.8, 4) is 5.75 Å². The highest BCUT2D eigenvalue weighted by molar-refractivity contribution is 6.30. The van der Waals surface area contributed by atoms with Crippen molar-refractivity contribution in [1.82, 2.24) is 5.32 Å². The maximum Gasteiger partial charge on any atom is 0.311 e. The van der Waals surface area contributed by atoms with Crippen LogP contribution in [0.1, 0.15) is 24.1 Å². The van der Waals surface area contributed by atoms with Crippen LogP contribution >= 0.6 is 11.6 Å². The van der Waals surface area contributed by atoms with Crippen LogP contribution in [0.5, 0.6) is 5.75 Å². The zero-order valence-corrected chi connectivity index (χ0v) is 15.5. The number of nitrogens with one attached hydrogen (secondary N) is 2. The lowest BCUT2D eigenvalue weighted by Gasteiger charge is -2.15. The predicted octanol–water partition coefficient (Wildman–Crippen LogP) is 3.85. The van der Waals surface area contributed by atoms with Crippen molar-refractivity contribution in [3.05, 3.63) is 62.7 Å². The fraction of sp³-hybridized carbons (Fsp3) is 0.278. The summed E-state index contributed by atoms with van der Waals surface area (Å²) in [4.78, 5) is 22.7. The molecule has 26 heavy (non-hydrogen) atoms. The van der Waals surface area contributed by atoms with Gasteiger partial charge in [0.05, 0.1) is 18.6 Å². The van der Waals surface area contributed by atoms with Gasteiger partial charge in [-0.05, 0) is 37.1 Å². The fourth-order valence-electron chi connectivity index (χ4n) is 2.45. The molecule has 7 nitrogen and oxygen atoms in total. The second-order valence-corrected chi connectivity index (χ2v) is 6.24. The molecule has 0 saturated carbocycles. The van der Waals surface area contributed by atoms with E-state index in [2.05, 4.69) is 10.6 Å². The number of halogens is 1. The molecule has 0 fully saturated rings. The highest BCUT2D eigenvalue weighted by atomic mass is 35.5. The van der Waals surface area contributed by atoms with Gasteiger partial charge in [0.2, 0.25) is 5.91 Å². The summed E-state index contributed by atoms with van der Waals surface area (Å²) >= 11 is 5.97. The summed E-state index contributed by atoms with van der Waals surface area (Å²) < 4.78 is 5.03. The van der Waals surface area contributed by atoms with Crippen LogP contribution in [0.3, 0.4) is 0 Å². The number of ether oxygens (including phenoxy) is 1. The van der Waals surface area contributed by atoms with E-state index in [9.17, 15) is 14.9 Å². The normalized spacial score (nSPS) is 11.7. The van der Waals surface area contributed by atoms with Crippen molar-refractivity contribution in [2.75, 3.05) is 19.0 Å². The first-order valence-corrected chi connectivity index (χ1v) is 8.31. The molecule has 2 rings (SSSR count). The summed E-state index contributed by atoms with van der Waals surface area (Å²) in [6.45, 7) is 3.69. The van der Waals surface area contributed by atoms with Gasteiger partial charge in [0.25, 0.3) is 0 Å². The van der Waals surface area contributed by atoms with Crippen molar-refractivity contribution >= 4 is 28.9 Å². The second-order valence-electron chi connectivity index (χ2n) is 5.80. The number of methoxy groups -OCH3 is 1. The van der Waals surface area contributed by atoms with E-state index in [4.69, 9.17) is 16.3 Å². The molecule has 2 aromatic rings. The summed E-state index contributed by atoms with van der Waals surface area (Å²) in [5.74, 6) is -0.172. The number of hydrogen-bond donors (Lipinski definition) is 2. The number of carbonyl (C=O) groups excluding carboxylic acids is 1. The Balaban J connectivity index is 2.02. The molecule has 0 spiro atoms. The highest BCUT2D eigenvalue weighted by Crippen LogP contribution is 2.32. The smallest absolute Gasteiger partial charge is 0.311 e. The molecule has 0 unspecified atom stereocenters. The van der Waals surface area contributed by atoms with Gasteiger partial charge in [0.15, 0.2) is 5.75 Å². The number of nitro benzene ring substituents is 1. The second kappa shape index (κ2) is 8.64. The summed E-state index contributed by atoms with van der Waals surface area (Å²) in [5.41, 5.74) is 1.87. The molecule has 0 aliphatic heterocycles. The molecule has 1 atom stereocenters. The van der Waals surface area contributed by atoms with Crippen molar-refractivity contribution < 1.29 is 14.5 Å². The van der Waals surface area contributed by atoms with E-state index < -0.39 is 4.92 Å². The third kappa shape index (κ3) is 4.93. The lowest BCUT2D eigenvalue weighted by atomic mass is 10.1. The first kappa shape index (κ1) is 19.7. The van der Waals surface area contributed by atoms with Crippen molar-refractivity contribution in [2.24, 2.45) is 0 Å². The van der Waals surface area contributed by atoms with Gasteiger partial charge in [0.1, 0.15) is 0 Å². The van der Waals surface area contributed by atoms with Gasteiger partial charge in [0, 0.05) is 28.9 Å². The molecular formula is C18H20ClN3O4. The number of rotatable bonds is 7. The first-order chi connectivity index (χ1) is 12.3. The standard InChI is InChI=1S/C18H20ClN3O4/c1-11-7-16(22(24)25)17(26-3)9-15(11)21-18(23)10-20-12(2)13-5-4-6-14(19)8-13/h4-9,12,20H,10H2,1-3H3,(H,21,23)/t12-/m0/s1. The molecule has 1 amide bonds. The molecule has 0 heterocycles. The topological polar surface area (TPSA) is 93.5 Å². The molecule has 0 aliphatic carbocycles. The average Bonchev–Trinajstić information content (AvgIpc) is 2.60. The fourth-order valence-corrected chi connectivity index (χ4v) is 2.65. The monoisotopic (exact) mass is 377 g/mol. The molecule has 0 bridgehead atoms. The molecule has 138 valence electrons. The van der Waals surface area contributed by atoms with Gasteiger partial charge >= 0.3 is 5.69 Å². The average molecular weight is 378 g/mol. The Morgan fingerprint density at radius 2 is 2.08 bits per heavy atom.